The monoisotopic (exact) mass is 432 g/mol. The maximum absolute atomic E-state index is 10.7. The summed E-state index contributed by atoms with van der Waals surface area (Å²) in [4.78, 5) is 1.93. The molecule has 160 valence electrons. The standard InChI is InChI=1S/C25H36O2S2/c1-16-12-18(24(3,4)5)22(26)20(14-16)28-10-9-11-29-21-15-17(2)13-19(23(21)27)25(6,7)8/h12-15,26-27H,9-11H2,1-8H3. The summed E-state index contributed by atoms with van der Waals surface area (Å²) in [6.07, 6.45) is 1.01. The maximum atomic E-state index is 10.7. The van der Waals surface area contributed by atoms with Gasteiger partial charge < -0.3 is 10.2 Å². The molecule has 2 aromatic carbocycles. The van der Waals surface area contributed by atoms with Crippen molar-refractivity contribution in [1.29, 1.82) is 0 Å². The molecule has 2 N–H and O–H groups in total. The summed E-state index contributed by atoms with van der Waals surface area (Å²) in [7, 11) is 0. The van der Waals surface area contributed by atoms with Gasteiger partial charge in [0, 0.05) is 20.9 Å². The highest BCUT2D eigenvalue weighted by Gasteiger charge is 2.22. The van der Waals surface area contributed by atoms with E-state index in [0.717, 1.165) is 38.8 Å². The lowest BCUT2D eigenvalue weighted by Crippen LogP contribution is -2.12. The summed E-state index contributed by atoms with van der Waals surface area (Å²) >= 11 is 3.43. The van der Waals surface area contributed by atoms with E-state index in [4.69, 9.17) is 0 Å². The molecule has 0 aliphatic rings. The number of hydrogen-bond donors (Lipinski definition) is 2. The molecule has 0 aliphatic carbocycles. The Labute approximate surface area is 185 Å². The number of aromatic hydroxyl groups is 2. The molecular formula is C25H36O2S2. The highest BCUT2D eigenvalue weighted by Crippen LogP contribution is 2.41. The van der Waals surface area contributed by atoms with E-state index in [9.17, 15) is 10.2 Å². The lowest BCUT2D eigenvalue weighted by Gasteiger charge is -2.23. The molecule has 0 radical (unpaired) electrons. The van der Waals surface area contributed by atoms with Crippen molar-refractivity contribution < 1.29 is 10.2 Å². The number of aryl methyl sites for hydroxylation is 2. The molecule has 0 heterocycles. The molecule has 4 heteroatoms. The third kappa shape index (κ3) is 6.36. The number of benzene rings is 2. The average molecular weight is 433 g/mol. The summed E-state index contributed by atoms with van der Waals surface area (Å²) in [6.45, 7) is 17.0. The van der Waals surface area contributed by atoms with Crippen molar-refractivity contribution in [3.8, 4) is 11.5 Å². The van der Waals surface area contributed by atoms with Gasteiger partial charge in [0.05, 0.1) is 0 Å². The summed E-state index contributed by atoms with van der Waals surface area (Å²) in [5, 5.41) is 21.4. The van der Waals surface area contributed by atoms with Crippen LogP contribution in [0.4, 0.5) is 0 Å². The maximum Gasteiger partial charge on any atom is 0.132 e. The van der Waals surface area contributed by atoms with Crippen LogP contribution < -0.4 is 0 Å². The minimum atomic E-state index is -0.0747. The van der Waals surface area contributed by atoms with Crippen LogP contribution >= 0.6 is 23.5 Å². The van der Waals surface area contributed by atoms with Crippen molar-refractivity contribution in [2.45, 2.75) is 82.4 Å². The van der Waals surface area contributed by atoms with Gasteiger partial charge in [-0.25, -0.2) is 0 Å². The van der Waals surface area contributed by atoms with Crippen LogP contribution in [0.3, 0.4) is 0 Å². The molecule has 0 fully saturated rings. The van der Waals surface area contributed by atoms with Gasteiger partial charge >= 0.3 is 0 Å². The number of thioether (sulfide) groups is 2. The van der Waals surface area contributed by atoms with E-state index in [1.54, 1.807) is 23.5 Å². The fourth-order valence-corrected chi connectivity index (χ4v) is 5.51. The zero-order valence-corrected chi connectivity index (χ0v) is 20.8. The summed E-state index contributed by atoms with van der Waals surface area (Å²) in [5.74, 6) is 2.72. The van der Waals surface area contributed by atoms with Crippen molar-refractivity contribution in [1.82, 2.24) is 0 Å². The van der Waals surface area contributed by atoms with Crippen LogP contribution in [0, 0.1) is 13.8 Å². The molecule has 0 amide bonds. The van der Waals surface area contributed by atoms with Gasteiger partial charge in [0.15, 0.2) is 0 Å². The van der Waals surface area contributed by atoms with Gasteiger partial charge in [0.25, 0.3) is 0 Å². The average Bonchev–Trinajstić information content (AvgIpc) is 2.57. The minimum Gasteiger partial charge on any atom is -0.506 e. The number of rotatable bonds is 6. The van der Waals surface area contributed by atoms with Gasteiger partial charge in [-0.3, -0.25) is 0 Å². The second-order valence-corrected chi connectivity index (χ2v) is 12.1. The van der Waals surface area contributed by atoms with Crippen molar-refractivity contribution in [3.05, 3.63) is 46.5 Å². The molecule has 2 rings (SSSR count). The molecule has 29 heavy (non-hydrogen) atoms. The first-order valence-corrected chi connectivity index (χ1v) is 12.2. The zero-order chi connectivity index (χ0) is 22.0. The minimum absolute atomic E-state index is 0.0747. The Morgan fingerprint density at radius 2 is 1.00 bits per heavy atom. The quantitative estimate of drug-likeness (QED) is 0.364. The Balaban J connectivity index is 2.00. The smallest absolute Gasteiger partial charge is 0.132 e. The van der Waals surface area contributed by atoms with Crippen LogP contribution in [-0.4, -0.2) is 21.7 Å². The van der Waals surface area contributed by atoms with Gasteiger partial charge in [-0.15, -0.1) is 23.5 Å². The third-order valence-corrected chi connectivity index (χ3v) is 7.09. The molecule has 0 spiro atoms. The molecule has 0 saturated carbocycles. The normalized spacial score (nSPS) is 12.4. The largest absolute Gasteiger partial charge is 0.506 e. The van der Waals surface area contributed by atoms with Crippen LogP contribution in [-0.2, 0) is 10.8 Å². The van der Waals surface area contributed by atoms with E-state index in [2.05, 4.69) is 79.7 Å². The number of phenols is 2. The van der Waals surface area contributed by atoms with Gasteiger partial charge in [0.2, 0.25) is 0 Å². The Morgan fingerprint density at radius 1 is 0.655 bits per heavy atom. The highest BCUT2D eigenvalue weighted by molar-refractivity contribution is 8.00. The van der Waals surface area contributed by atoms with E-state index in [1.807, 2.05) is 0 Å². The molecule has 0 aliphatic heterocycles. The number of hydrogen-bond acceptors (Lipinski definition) is 4. The Morgan fingerprint density at radius 3 is 1.31 bits per heavy atom. The summed E-state index contributed by atoms with van der Waals surface area (Å²) < 4.78 is 0. The van der Waals surface area contributed by atoms with Gasteiger partial charge in [-0.2, -0.15) is 0 Å². The first-order chi connectivity index (χ1) is 13.3. The topological polar surface area (TPSA) is 40.5 Å². The predicted molar refractivity (Wildman–Crippen MR) is 129 cm³/mol. The fraction of sp³-hybridized carbons (Fsp3) is 0.520. The van der Waals surface area contributed by atoms with Gasteiger partial charge in [0.1, 0.15) is 11.5 Å². The Hall–Kier alpha value is -1.26. The Kier molecular flexibility index (Phi) is 7.67. The molecule has 0 bridgehead atoms. The van der Waals surface area contributed by atoms with E-state index >= 15 is 0 Å². The van der Waals surface area contributed by atoms with E-state index in [-0.39, 0.29) is 10.8 Å². The molecule has 2 nitrogen and oxygen atoms in total. The molecular weight excluding hydrogens is 396 g/mol. The Bertz CT molecular complexity index is 787. The lowest BCUT2D eigenvalue weighted by atomic mass is 9.85. The van der Waals surface area contributed by atoms with Crippen LogP contribution in [0.5, 0.6) is 11.5 Å². The lowest BCUT2D eigenvalue weighted by molar-refractivity contribution is 0.433. The molecule has 0 atom stereocenters. The first-order valence-electron chi connectivity index (χ1n) is 10.2. The molecule has 0 unspecified atom stereocenters. The van der Waals surface area contributed by atoms with Crippen molar-refractivity contribution in [3.63, 3.8) is 0 Å². The second kappa shape index (κ2) is 9.26. The van der Waals surface area contributed by atoms with E-state index in [1.165, 1.54) is 11.1 Å². The number of phenolic OH excluding ortho intramolecular Hbond substituents is 2. The second-order valence-electron chi connectivity index (χ2n) is 9.87. The predicted octanol–water partition coefficient (Wildman–Crippen LogP) is 7.58. The first kappa shape index (κ1) is 24.0. The summed E-state index contributed by atoms with van der Waals surface area (Å²) in [5.41, 5.74) is 4.24. The van der Waals surface area contributed by atoms with Crippen LogP contribution in [0.25, 0.3) is 0 Å². The summed E-state index contributed by atoms with van der Waals surface area (Å²) in [6, 6.07) is 8.32. The molecule has 0 aromatic heterocycles. The van der Waals surface area contributed by atoms with E-state index < -0.39 is 0 Å². The third-order valence-electron chi connectivity index (χ3n) is 4.86. The van der Waals surface area contributed by atoms with Crippen LogP contribution in [0.2, 0.25) is 0 Å². The SMILES string of the molecule is Cc1cc(SCCCSc2cc(C)cc(C(C)(C)C)c2O)c(O)c(C(C)(C)C)c1. The highest BCUT2D eigenvalue weighted by atomic mass is 32.2. The van der Waals surface area contributed by atoms with Crippen molar-refractivity contribution >= 4 is 23.5 Å². The van der Waals surface area contributed by atoms with Gasteiger partial charge in [-0.05, 0) is 65.9 Å². The van der Waals surface area contributed by atoms with Crippen LogP contribution in [0.15, 0.2) is 34.1 Å². The van der Waals surface area contributed by atoms with Gasteiger partial charge in [-0.1, -0.05) is 53.7 Å². The van der Waals surface area contributed by atoms with Crippen LogP contribution in [0.1, 0.15) is 70.2 Å². The van der Waals surface area contributed by atoms with Crippen molar-refractivity contribution in [2.24, 2.45) is 0 Å². The van der Waals surface area contributed by atoms with Crippen molar-refractivity contribution in [2.75, 3.05) is 11.5 Å². The molecule has 0 saturated heterocycles. The molecule has 2 aromatic rings. The fourth-order valence-electron chi connectivity index (χ4n) is 3.28. The van der Waals surface area contributed by atoms with E-state index in [0.29, 0.717) is 11.5 Å². The zero-order valence-electron chi connectivity index (χ0n) is 19.1.